The van der Waals surface area contributed by atoms with Crippen molar-refractivity contribution in [2.45, 2.75) is 64.3 Å². The van der Waals surface area contributed by atoms with Crippen molar-refractivity contribution in [1.29, 1.82) is 0 Å². The van der Waals surface area contributed by atoms with Gasteiger partial charge in [0.05, 0.1) is 6.26 Å². The summed E-state index contributed by atoms with van der Waals surface area (Å²) in [5.74, 6) is 0.516. The number of unbranched alkanes of at least 4 members (excludes halogenated alkanes) is 3. The number of piperidine rings is 1. The molecular weight excluding hydrogens is 272 g/mol. The molecule has 1 aliphatic heterocycles. The van der Waals surface area contributed by atoms with Crippen LogP contribution >= 0.6 is 0 Å². The average molecular weight is 304 g/mol. The van der Waals surface area contributed by atoms with Crippen LogP contribution in [0.3, 0.4) is 0 Å². The molecule has 0 aromatic heterocycles. The zero-order valence-electron chi connectivity index (χ0n) is 13.4. The topological polar surface area (TPSA) is 49.4 Å². The summed E-state index contributed by atoms with van der Waals surface area (Å²) < 4.78 is 24.9. The molecule has 1 rings (SSSR count). The molecule has 0 aliphatic carbocycles. The minimum absolute atomic E-state index is 0.516. The smallest absolute Gasteiger partial charge is 0.211 e. The van der Waals surface area contributed by atoms with Crippen molar-refractivity contribution in [2.24, 2.45) is 5.92 Å². The molecule has 0 aromatic carbocycles. The third kappa shape index (κ3) is 6.55. The van der Waals surface area contributed by atoms with Gasteiger partial charge in [0.1, 0.15) is 0 Å². The predicted molar refractivity (Wildman–Crippen MR) is 85.4 cm³/mol. The van der Waals surface area contributed by atoms with Gasteiger partial charge in [-0.2, -0.15) is 0 Å². The summed E-state index contributed by atoms with van der Waals surface area (Å²) in [6.45, 7) is 3.65. The van der Waals surface area contributed by atoms with E-state index >= 15 is 0 Å². The maximum atomic E-state index is 11.6. The van der Waals surface area contributed by atoms with Crippen LogP contribution < -0.4 is 5.32 Å². The number of nitrogens with zero attached hydrogens (tertiary/aromatic N) is 1. The second kappa shape index (κ2) is 9.00. The summed E-state index contributed by atoms with van der Waals surface area (Å²) in [5.41, 5.74) is 0. The first-order valence-corrected chi connectivity index (χ1v) is 9.94. The summed E-state index contributed by atoms with van der Waals surface area (Å²) >= 11 is 0. The van der Waals surface area contributed by atoms with E-state index in [9.17, 15) is 8.42 Å². The molecule has 1 aliphatic rings. The maximum Gasteiger partial charge on any atom is 0.211 e. The van der Waals surface area contributed by atoms with Crippen LogP contribution in [0.2, 0.25) is 0 Å². The molecule has 5 heteroatoms. The minimum atomic E-state index is -3.01. The van der Waals surface area contributed by atoms with E-state index in [-0.39, 0.29) is 0 Å². The van der Waals surface area contributed by atoms with Crippen LogP contribution in [0.25, 0.3) is 0 Å². The molecule has 0 saturated carbocycles. The zero-order valence-corrected chi connectivity index (χ0v) is 14.2. The van der Waals surface area contributed by atoms with Gasteiger partial charge in [0.15, 0.2) is 0 Å². The van der Waals surface area contributed by atoms with E-state index in [2.05, 4.69) is 12.2 Å². The molecular formula is C15H32N2O2S. The van der Waals surface area contributed by atoms with Gasteiger partial charge in [0.2, 0.25) is 10.0 Å². The molecule has 2 unspecified atom stereocenters. The summed E-state index contributed by atoms with van der Waals surface area (Å²) in [6, 6.07) is 0.538. The molecule has 4 nitrogen and oxygen atoms in total. The van der Waals surface area contributed by atoms with Gasteiger partial charge in [-0.25, -0.2) is 12.7 Å². The zero-order chi connectivity index (χ0) is 15.0. The summed E-state index contributed by atoms with van der Waals surface area (Å²) in [4.78, 5) is 0. The lowest BCUT2D eigenvalue weighted by Crippen LogP contribution is -2.41. The molecule has 120 valence electrons. The number of nitrogens with one attached hydrogen (secondary N) is 1. The maximum absolute atomic E-state index is 11.6. The van der Waals surface area contributed by atoms with E-state index < -0.39 is 10.0 Å². The van der Waals surface area contributed by atoms with Crippen LogP contribution in [-0.4, -0.2) is 45.2 Å². The van der Waals surface area contributed by atoms with Crippen molar-refractivity contribution in [2.75, 3.05) is 26.4 Å². The van der Waals surface area contributed by atoms with Gasteiger partial charge in [-0.3, -0.25) is 0 Å². The lowest BCUT2D eigenvalue weighted by Gasteiger charge is -2.33. The predicted octanol–water partition coefficient (Wildman–Crippen LogP) is 2.61. The molecule has 2 atom stereocenters. The largest absolute Gasteiger partial charge is 0.317 e. The van der Waals surface area contributed by atoms with Crippen LogP contribution in [0.15, 0.2) is 0 Å². The molecule has 0 spiro atoms. The van der Waals surface area contributed by atoms with Crippen LogP contribution in [-0.2, 0) is 10.0 Å². The Bertz CT molecular complexity index is 357. The number of hydrogen-bond acceptors (Lipinski definition) is 3. The van der Waals surface area contributed by atoms with Gasteiger partial charge in [-0.05, 0) is 38.6 Å². The van der Waals surface area contributed by atoms with E-state index in [1.807, 2.05) is 7.05 Å². The highest BCUT2D eigenvalue weighted by Crippen LogP contribution is 2.24. The molecule has 0 amide bonds. The Morgan fingerprint density at radius 1 is 1.30 bits per heavy atom. The second-order valence-electron chi connectivity index (χ2n) is 6.20. The quantitative estimate of drug-likeness (QED) is 0.666. The second-order valence-corrected chi connectivity index (χ2v) is 8.18. The first-order chi connectivity index (χ1) is 9.47. The monoisotopic (exact) mass is 304 g/mol. The first-order valence-electron chi connectivity index (χ1n) is 8.09. The van der Waals surface area contributed by atoms with E-state index in [1.54, 1.807) is 4.31 Å². The Hall–Kier alpha value is -0.130. The van der Waals surface area contributed by atoms with E-state index in [1.165, 1.54) is 44.8 Å². The van der Waals surface area contributed by atoms with Crippen LogP contribution in [0, 0.1) is 5.92 Å². The molecule has 20 heavy (non-hydrogen) atoms. The van der Waals surface area contributed by atoms with E-state index in [0.29, 0.717) is 25.0 Å². The molecule has 1 fully saturated rings. The van der Waals surface area contributed by atoms with Crippen molar-refractivity contribution in [3.8, 4) is 0 Å². The third-order valence-corrected chi connectivity index (χ3v) is 5.65. The highest BCUT2D eigenvalue weighted by atomic mass is 32.2. The van der Waals surface area contributed by atoms with Gasteiger partial charge < -0.3 is 5.32 Å². The Morgan fingerprint density at radius 2 is 2.05 bits per heavy atom. The first kappa shape index (κ1) is 17.9. The van der Waals surface area contributed by atoms with Crippen LogP contribution in [0.1, 0.15) is 58.3 Å². The lowest BCUT2D eigenvalue weighted by molar-refractivity contribution is 0.236. The van der Waals surface area contributed by atoms with Crippen molar-refractivity contribution < 1.29 is 8.42 Å². The van der Waals surface area contributed by atoms with Gasteiger partial charge in [-0.1, -0.05) is 32.6 Å². The highest BCUT2D eigenvalue weighted by molar-refractivity contribution is 7.88. The Labute approximate surface area is 125 Å². The summed E-state index contributed by atoms with van der Waals surface area (Å²) in [7, 11) is -0.983. The SMILES string of the molecule is CCCCCCC(CC1CCCN(S(C)(=O)=O)C1)NC. The van der Waals surface area contributed by atoms with E-state index in [0.717, 1.165) is 12.8 Å². The molecule has 0 radical (unpaired) electrons. The fraction of sp³-hybridized carbons (Fsp3) is 1.00. The fourth-order valence-corrected chi connectivity index (χ4v) is 4.06. The van der Waals surface area contributed by atoms with E-state index in [4.69, 9.17) is 0 Å². The Balaban J connectivity index is 2.36. The molecule has 1 N–H and O–H groups in total. The minimum Gasteiger partial charge on any atom is -0.317 e. The van der Waals surface area contributed by atoms with Gasteiger partial charge in [0, 0.05) is 19.1 Å². The Kier molecular flexibility index (Phi) is 8.07. The summed E-state index contributed by atoms with van der Waals surface area (Å²) in [6.07, 6.45) is 11.0. The van der Waals surface area contributed by atoms with Crippen molar-refractivity contribution in [1.82, 2.24) is 9.62 Å². The third-order valence-electron chi connectivity index (χ3n) is 4.38. The standard InChI is InChI=1S/C15H32N2O2S/c1-4-5-6-7-10-15(16-2)12-14-9-8-11-17(13-14)20(3,18)19/h14-16H,4-13H2,1-3H3. The molecule has 1 saturated heterocycles. The highest BCUT2D eigenvalue weighted by Gasteiger charge is 2.27. The Morgan fingerprint density at radius 3 is 2.65 bits per heavy atom. The molecule has 1 heterocycles. The number of sulfonamides is 1. The lowest BCUT2D eigenvalue weighted by atomic mass is 9.90. The fourth-order valence-electron chi connectivity index (χ4n) is 3.12. The number of rotatable bonds is 9. The van der Waals surface area contributed by atoms with Gasteiger partial charge in [-0.15, -0.1) is 0 Å². The molecule has 0 bridgehead atoms. The number of hydrogen-bond donors (Lipinski definition) is 1. The van der Waals surface area contributed by atoms with Crippen LogP contribution in [0.5, 0.6) is 0 Å². The molecule has 0 aromatic rings. The normalized spacial score (nSPS) is 22.9. The average Bonchev–Trinajstić information content (AvgIpc) is 2.41. The van der Waals surface area contributed by atoms with Crippen LogP contribution in [0.4, 0.5) is 0 Å². The van der Waals surface area contributed by atoms with Gasteiger partial charge in [0.25, 0.3) is 0 Å². The summed E-state index contributed by atoms with van der Waals surface area (Å²) in [5, 5.41) is 3.41. The van der Waals surface area contributed by atoms with Gasteiger partial charge >= 0.3 is 0 Å². The van der Waals surface area contributed by atoms with Crippen molar-refractivity contribution >= 4 is 10.0 Å². The van der Waals surface area contributed by atoms with Crippen molar-refractivity contribution in [3.05, 3.63) is 0 Å². The van der Waals surface area contributed by atoms with Crippen molar-refractivity contribution in [3.63, 3.8) is 0 Å².